The van der Waals surface area contributed by atoms with E-state index in [0.29, 0.717) is 6.04 Å². The maximum Gasteiger partial charge on any atom is 0.119 e. The molecule has 3 heteroatoms. The van der Waals surface area contributed by atoms with Crippen LogP contribution in [0.5, 0.6) is 5.75 Å². The van der Waals surface area contributed by atoms with Crippen molar-refractivity contribution in [2.75, 3.05) is 13.7 Å². The first-order valence-corrected chi connectivity index (χ1v) is 6.70. The fraction of sp³-hybridized carbons (Fsp3) is 0.312. The molecule has 1 aromatic heterocycles. The van der Waals surface area contributed by atoms with Gasteiger partial charge in [0, 0.05) is 17.8 Å². The molecule has 1 atom stereocenters. The molecule has 1 fully saturated rings. The van der Waals surface area contributed by atoms with Crippen LogP contribution in [-0.2, 0) is 0 Å². The second kappa shape index (κ2) is 5.41. The molecule has 0 amide bonds. The molecule has 1 aromatic carbocycles. The molecule has 2 aromatic rings. The largest absolute Gasteiger partial charge is 0.497 e. The van der Waals surface area contributed by atoms with Gasteiger partial charge in [-0.25, -0.2) is 0 Å². The molecular formula is C16H18N2O. The lowest BCUT2D eigenvalue weighted by molar-refractivity contribution is 0.415. The van der Waals surface area contributed by atoms with E-state index in [2.05, 4.69) is 28.5 Å². The summed E-state index contributed by atoms with van der Waals surface area (Å²) in [4.78, 5) is 4.47. The monoisotopic (exact) mass is 254 g/mol. The van der Waals surface area contributed by atoms with Crippen LogP contribution in [0.2, 0.25) is 0 Å². The Morgan fingerprint density at radius 1 is 1.26 bits per heavy atom. The van der Waals surface area contributed by atoms with E-state index >= 15 is 0 Å². The zero-order valence-corrected chi connectivity index (χ0v) is 11.1. The van der Waals surface area contributed by atoms with Gasteiger partial charge in [-0.2, -0.15) is 0 Å². The lowest BCUT2D eigenvalue weighted by Gasteiger charge is -2.12. The SMILES string of the molecule is COc1cccc(-c2cc([C@@H]3CCCN3)ccn2)c1. The number of pyridine rings is 1. The number of aromatic nitrogens is 1. The zero-order chi connectivity index (χ0) is 13.1. The number of nitrogens with one attached hydrogen (secondary N) is 1. The van der Waals surface area contributed by atoms with Gasteiger partial charge in [0.2, 0.25) is 0 Å². The Morgan fingerprint density at radius 2 is 2.21 bits per heavy atom. The highest BCUT2D eigenvalue weighted by atomic mass is 16.5. The third-order valence-corrected chi connectivity index (χ3v) is 3.61. The Balaban J connectivity index is 1.93. The summed E-state index contributed by atoms with van der Waals surface area (Å²) in [5.74, 6) is 0.865. The van der Waals surface area contributed by atoms with Crippen molar-refractivity contribution in [3.8, 4) is 17.0 Å². The predicted octanol–water partition coefficient (Wildman–Crippen LogP) is 3.18. The fourth-order valence-corrected chi connectivity index (χ4v) is 2.57. The number of hydrogen-bond donors (Lipinski definition) is 1. The zero-order valence-electron chi connectivity index (χ0n) is 11.1. The van der Waals surface area contributed by atoms with Gasteiger partial charge in [-0.15, -0.1) is 0 Å². The molecule has 1 aliphatic rings. The molecule has 0 unspecified atom stereocenters. The van der Waals surface area contributed by atoms with Gasteiger partial charge in [-0.05, 0) is 49.2 Å². The van der Waals surface area contributed by atoms with E-state index in [1.807, 2.05) is 24.4 Å². The van der Waals surface area contributed by atoms with Crippen molar-refractivity contribution < 1.29 is 4.74 Å². The molecule has 0 bridgehead atoms. The number of rotatable bonds is 3. The second-order valence-corrected chi connectivity index (χ2v) is 4.86. The molecular weight excluding hydrogens is 236 g/mol. The Hall–Kier alpha value is -1.87. The lowest BCUT2D eigenvalue weighted by Crippen LogP contribution is -2.12. The van der Waals surface area contributed by atoms with Gasteiger partial charge in [-0.1, -0.05) is 12.1 Å². The van der Waals surface area contributed by atoms with Gasteiger partial charge in [0.25, 0.3) is 0 Å². The number of ether oxygens (including phenoxy) is 1. The minimum absolute atomic E-state index is 0.479. The first-order chi connectivity index (χ1) is 9.36. The van der Waals surface area contributed by atoms with Gasteiger partial charge >= 0.3 is 0 Å². The maximum atomic E-state index is 5.27. The Bertz CT molecular complexity index is 562. The normalized spacial score (nSPS) is 18.5. The number of benzene rings is 1. The van der Waals surface area contributed by atoms with E-state index in [1.165, 1.54) is 18.4 Å². The first kappa shape index (κ1) is 12.2. The van der Waals surface area contributed by atoms with Crippen molar-refractivity contribution in [2.24, 2.45) is 0 Å². The van der Waals surface area contributed by atoms with Gasteiger partial charge in [0.05, 0.1) is 12.8 Å². The molecule has 3 nitrogen and oxygen atoms in total. The molecule has 98 valence electrons. The smallest absolute Gasteiger partial charge is 0.119 e. The van der Waals surface area contributed by atoms with Gasteiger partial charge in [0.1, 0.15) is 5.75 Å². The Labute approximate surface area is 113 Å². The molecule has 1 aliphatic heterocycles. The summed E-state index contributed by atoms with van der Waals surface area (Å²) < 4.78 is 5.27. The van der Waals surface area contributed by atoms with E-state index in [1.54, 1.807) is 7.11 Å². The molecule has 0 saturated carbocycles. The number of nitrogens with zero attached hydrogens (tertiary/aromatic N) is 1. The van der Waals surface area contributed by atoms with Crippen LogP contribution in [0.25, 0.3) is 11.3 Å². The average Bonchev–Trinajstić information content (AvgIpc) is 3.02. The van der Waals surface area contributed by atoms with Crippen LogP contribution in [0, 0.1) is 0 Å². The molecule has 0 aliphatic carbocycles. The third kappa shape index (κ3) is 2.61. The molecule has 1 N–H and O–H groups in total. The van der Waals surface area contributed by atoms with Crippen LogP contribution in [0.3, 0.4) is 0 Å². The highest BCUT2D eigenvalue weighted by Crippen LogP contribution is 2.27. The van der Waals surface area contributed by atoms with Crippen molar-refractivity contribution in [3.63, 3.8) is 0 Å². The summed E-state index contributed by atoms with van der Waals surface area (Å²) in [5.41, 5.74) is 3.43. The van der Waals surface area contributed by atoms with Crippen molar-refractivity contribution in [3.05, 3.63) is 48.2 Å². The summed E-state index contributed by atoms with van der Waals surface area (Å²) in [7, 11) is 1.69. The summed E-state index contributed by atoms with van der Waals surface area (Å²) in [6.07, 6.45) is 4.35. The lowest BCUT2D eigenvalue weighted by atomic mass is 10.0. The van der Waals surface area contributed by atoms with E-state index < -0.39 is 0 Å². The van der Waals surface area contributed by atoms with Crippen molar-refractivity contribution in [1.29, 1.82) is 0 Å². The van der Waals surface area contributed by atoms with E-state index in [0.717, 1.165) is 23.6 Å². The third-order valence-electron chi connectivity index (χ3n) is 3.61. The van der Waals surface area contributed by atoms with Crippen LogP contribution in [0.15, 0.2) is 42.6 Å². The van der Waals surface area contributed by atoms with E-state index in [4.69, 9.17) is 4.74 Å². The minimum Gasteiger partial charge on any atom is -0.497 e. The molecule has 1 saturated heterocycles. The highest BCUT2D eigenvalue weighted by Gasteiger charge is 2.16. The van der Waals surface area contributed by atoms with Crippen LogP contribution >= 0.6 is 0 Å². The van der Waals surface area contributed by atoms with Crippen molar-refractivity contribution in [2.45, 2.75) is 18.9 Å². The number of methoxy groups -OCH3 is 1. The molecule has 0 spiro atoms. The van der Waals surface area contributed by atoms with Crippen LogP contribution < -0.4 is 10.1 Å². The topological polar surface area (TPSA) is 34.1 Å². The predicted molar refractivity (Wildman–Crippen MR) is 76.2 cm³/mol. The van der Waals surface area contributed by atoms with Gasteiger partial charge < -0.3 is 10.1 Å². The van der Waals surface area contributed by atoms with Crippen LogP contribution in [0.1, 0.15) is 24.4 Å². The first-order valence-electron chi connectivity index (χ1n) is 6.70. The Kier molecular flexibility index (Phi) is 3.47. The minimum atomic E-state index is 0.479. The quantitative estimate of drug-likeness (QED) is 0.913. The summed E-state index contributed by atoms with van der Waals surface area (Å²) in [6.45, 7) is 1.11. The van der Waals surface area contributed by atoms with Crippen LogP contribution in [0.4, 0.5) is 0 Å². The summed E-state index contributed by atoms with van der Waals surface area (Å²) >= 11 is 0. The fourth-order valence-electron chi connectivity index (χ4n) is 2.57. The van der Waals surface area contributed by atoms with E-state index in [9.17, 15) is 0 Å². The molecule has 2 heterocycles. The maximum absolute atomic E-state index is 5.27. The van der Waals surface area contributed by atoms with Gasteiger partial charge in [-0.3, -0.25) is 4.98 Å². The molecule has 0 radical (unpaired) electrons. The molecule has 3 rings (SSSR count). The van der Waals surface area contributed by atoms with Gasteiger partial charge in [0.15, 0.2) is 0 Å². The second-order valence-electron chi connectivity index (χ2n) is 4.86. The Morgan fingerprint density at radius 3 is 3.00 bits per heavy atom. The standard InChI is InChI=1S/C16H18N2O/c1-19-14-5-2-4-12(10-14)16-11-13(7-9-18-16)15-6-3-8-17-15/h2,4-5,7,9-11,15,17H,3,6,8H2,1H3/t15-/m0/s1. The average molecular weight is 254 g/mol. The van der Waals surface area contributed by atoms with E-state index in [-0.39, 0.29) is 0 Å². The van der Waals surface area contributed by atoms with Crippen molar-refractivity contribution >= 4 is 0 Å². The highest BCUT2D eigenvalue weighted by molar-refractivity contribution is 5.61. The number of hydrogen-bond acceptors (Lipinski definition) is 3. The summed E-state index contributed by atoms with van der Waals surface area (Å²) in [6, 6.07) is 12.8. The molecule has 19 heavy (non-hydrogen) atoms. The summed E-state index contributed by atoms with van der Waals surface area (Å²) in [5, 5.41) is 3.52. The van der Waals surface area contributed by atoms with Crippen molar-refractivity contribution in [1.82, 2.24) is 10.3 Å². The van der Waals surface area contributed by atoms with Crippen LogP contribution in [-0.4, -0.2) is 18.6 Å².